The molecule has 0 unspecified atom stereocenters. The monoisotopic (exact) mass is 346 g/mol. The van der Waals surface area contributed by atoms with Crippen molar-refractivity contribution in [3.63, 3.8) is 0 Å². The summed E-state index contributed by atoms with van der Waals surface area (Å²) in [4.78, 5) is 18.2. The molecule has 4 rings (SSSR count). The predicted octanol–water partition coefficient (Wildman–Crippen LogP) is 3.90. The van der Waals surface area contributed by atoms with Gasteiger partial charge in [-0.2, -0.15) is 0 Å². The van der Waals surface area contributed by atoms with Crippen LogP contribution in [0.3, 0.4) is 0 Å². The summed E-state index contributed by atoms with van der Waals surface area (Å²) >= 11 is 1.47. The van der Waals surface area contributed by atoms with Crippen molar-refractivity contribution in [2.45, 2.75) is 9.92 Å². The van der Waals surface area contributed by atoms with E-state index >= 15 is 0 Å². The number of fused-ring (bicyclic) bond motifs is 1. The van der Waals surface area contributed by atoms with Crippen molar-refractivity contribution < 1.29 is 0 Å². The lowest BCUT2D eigenvalue weighted by atomic mass is 10.2. The lowest BCUT2D eigenvalue weighted by molar-refractivity contribution is 1.06. The van der Waals surface area contributed by atoms with Crippen molar-refractivity contribution in [3.8, 4) is 0 Å². The fraction of sp³-hybridized carbons (Fsp3) is 0. The highest BCUT2D eigenvalue weighted by Gasteiger charge is 2.12. The van der Waals surface area contributed by atoms with Gasteiger partial charge in [0.15, 0.2) is 5.82 Å². The van der Waals surface area contributed by atoms with Crippen LogP contribution in [-0.4, -0.2) is 19.9 Å². The van der Waals surface area contributed by atoms with Crippen molar-refractivity contribution >= 4 is 40.0 Å². The van der Waals surface area contributed by atoms with Crippen LogP contribution >= 0.6 is 11.8 Å². The van der Waals surface area contributed by atoms with Crippen molar-refractivity contribution in [2.75, 3.05) is 11.1 Å². The minimum atomic E-state index is 0.478. The first kappa shape index (κ1) is 15.3. The van der Waals surface area contributed by atoms with Gasteiger partial charge in [0.05, 0.1) is 5.52 Å². The van der Waals surface area contributed by atoms with Crippen molar-refractivity contribution in [2.24, 2.45) is 0 Å². The number of rotatable bonds is 4. The highest BCUT2D eigenvalue weighted by molar-refractivity contribution is 7.99. The largest absolute Gasteiger partial charge is 0.394 e. The molecule has 3 N–H and O–H groups in total. The van der Waals surface area contributed by atoms with Crippen molar-refractivity contribution in [1.29, 1.82) is 0 Å². The Hall–Kier alpha value is -3.19. The minimum absolute atomic E-state index is 0.478. The Labute approximate surface area is 148 Å². The molecule has 7 heteroatoms. The van der Waals surface area contributed by atoms with Crippen LogP contribution in [0.4, 0.5) is 17.3 Å². The number of anilines is 3. The summed E-state index contributed by atoms with van der Waals surface area (Å²) in [6, 6.07) is 15.6. The molecule has 0 saturated heterocycles. The lowest BCUT2D eigenvalue weighted by Crippen LogP contribution is -2.03. The van der Waals surface area contributed by atoms with Gasteiger partial charge in [-0.25, -0.2) is 15.0 Å². The number of para-hydroxylation sites is 1. The summed E-state index contributed by atoms with van der Waals surface area (Å²) in [6.07, 6.45) is 4.98. The van der Waals surface area contributed by atoms with Crippen LogP contribution < -0.4 is 11.1 Å². The summed E-state index contributed by atoms with van der Waals surface area (Å²) < 4.78 is 0. The van der Waals surface area contributed by atoms with E-state index in [1.54, 1.807) is 12.4 Å². The fourth-order valence-electron chi connectivity index (χ4n) is 2.38. The van der Waals surface area contributed by atoms with Crippen molar-refractivity contribution in [1.82, 2.24) is 19.9 Å². The van der Waals surface area contributed by atoms with Gasteiger partial charge in [0.1, 0.15) is 22.9 Å². The third-order valence-corrected chi connectivity index (χ3v) is 4.63. The molecule has 0 atom stereocenters. The average molecular weight is 346 g/mol. The minimum Gasteiger partial charge on any atom is -0.394 e. The second kappa shape index (κ2) is 6.74. The first-order valence-corrected chi connectivity index (χ1v) is 8.43. The third-order valence-electron chi connectivity index (χ3n) is 3.56. The molecule has 4 aromatic rings. The Bertz CT molecular complexity index is 1020. The molecule has 25 heavy (non-hydrogen) atoms. The second-order valence-electron chi connectivity index (χ2n) is 5.21. The molecule has 0 aliphatic carbocycles. The maximum Gasteiger partial charge on any atom is 0.159 e. The number of aromatic nitrogens is 4. The van der Waals surface area contributed by atoms with E-state index in [9.17, 15) is 0 Å². The summed E-state index contributed by atoms with van der Waals surface area (Å²) in [5, 5.41) is 4.87. The summed E-state index contributed by atoms with van der Waals surface area (Å²) in [6.45, 7) is 0. The van der Waals surface area contributed by atoms with Crippen LogP contribution in [0.25, 0.3) is 10.9 Å². The fourth-order valence-corrected chi connectivity index (χ4v) is 3.31. The van der Waals surface area contributed by atoms with E-state index in [0.29, 0.717) is 22.3 Å². The van der Waals surface area contributed by atoms with Gasteiger partial charge in [0.25, 0.3) is 0 Å². The molecule has 0 aliphatic heterocycles. The smallest absolute Gasteiger partial charge is 0.159 e. The number of pyridine rings is 2. The molecule has 1 aromatic carbocycles. The van der Waals surface area contributed by atoms with E-state index in [-0.39, 0.29) is 0 Å². The Morgan fingerprint density at radius 2 is 1.72 bits per heavy atom. The molecule has 122 valence electrons. The molecule has 0 spiro atoms. The molecule has 3 heterocycles. The first-order valence-electron chi connectivity index (χ1n) is 7.61. The van der Waals surface area contributed by atoms with E-state index in [0.717, 1.165) is 15.8 Å². The predicted molar refractivity (Wildman–Crippen MR) is 99.8 cm³/mol. The van der Waals surface area contributed by atoms with Gasteiger partial charge in [0, 0.05) is 22.7 Å². The Morgan fingerprint density at radius 1 is 0.840 bits per heavy atom. The Morgan fingerprint density at radius 3 is 2.60 bits per heavy atom. The molecule has 0 aliphatic rings. The standard InChI is InChI=1S/C18H14N6S/c19-15-17(24-14-8-1-2-9-20-14)22-11-23-18(15)25-13-7-3-5-12-6-4-10-21-16(12)13/h1-11H,19H2,(H,20,22,23,24). The van der Waals surface area contributed by atoms with E-state index < -0.39 is 0 Å². The zero-order valence-electron chi connectivity index (χ0n) is 13.1. The van der Waals surface area contributed by atoms with Crippen LogP contribution in [0, 0.1) is 0 Å². The van der Waals surface area contributed by atoms with Crippen LogP contribution in [0.15, 0.2) is 77.2 Å². The normalized spacial score (nSPS) is 10.7. The molecule has 0 radical (unpaired) electrons. The molecular weight excluding hydrogens is 332 g/mol. The van der Waals surface area contributed by atoms with Gasteiger partial charge in [0.2, 0.25) is 0 Å². The van der Waals surface area contributed by atoms with E-state index in [1.807, 2.05) is 48.5 Å². The highest BCUT2D eigenvalue weighted by atomic mass is 32.2. The molecule has 0 saturated carbocycles. The highest BCUT2D eigenvalue weighted by Crippen LogP contribution is 2.36. The van der Waals surface area contributed by atoms with Crippen LogP contribution in [-0.2, 0) is 0 Å². The maximum atomic E-state index is 6.27. The number of nitrogens with two attached hydrogens (primary N) is 1. The molecular formula is C18H14N6S. The topological polar surface area (TPSA) is 89.6 Å². The quantitative estimate of drug-likeness (QED) is 0.542. The average Bonchev–Trinajstić information content (AvgIpc) is 2.66. The number of benzene rings is 1. The number of nitrogens with one attached hydrogen (secondary N) is 1. The van der Waals surface area contributed by atoms with Gasteiger partial charge < -0.3 is 11.1 Å². The van der Waals surface area contributed by atoms with Gasteiger partial charge in [-0.05, 0) is 24.3 Å². The van der Waals surface area contributed by atoms with E-state index in [4.69, 9.17) is 5.73 Å². The zero-order chi connectivity index (χ0) is 17.1. The number of hydrogen-bond donors (Lipinski definition) is 2. The molecule has 6 nitrogen and oxygen atoms in total. The van der Waals surface area contributed by atoms with Gasteiger partial charge >= 0.3 is 0 Å². The molecule has 0 amide bonds. The number of nitrogens with zero attached hydrogens (tertiary/aromatic N) is 4. The molecule has 0 fully saturated rings. The Kier molecular flexibility index (Phi) is 4.14. The van der Waals surface area contributed by atoms with Gasteiger partial charge in [-0.15, -0.1) is 0 Å². The van der Waals surface area contributed by atoms with Crippen molar-refractivity contribution in [3.05, 3.63) is 67.3 Å². The number of nitrogen functional groups attached to an aromatic ring is 1. The molecule has 3 aromatic heterocycles. The SMILES string of the molecule is Nc1c(Nc2ccccn2)ncnc1Sc1cccc2cccnc12. The first-order chi connectivity index (χ1) is 12.3. The Balaban J connectivity index is 1.68. The number of hydrogen-bond acceptors (Lipinski definition) is 7. The third kappa shape index (κ3) is 3.22. The zero-order valence-corrected chi connectivity index (χ0v) is 13.9. The van der Waals surface area contributed by atoms with Crippen LogP contribution in [0.5, 0.6) is 0 Å². The summed E-state index contributed by atoms with van der Waals surface area (Å²) in [7, 11) is 0. The van der Waals surface area contributed by atoms with Gasteiger partial charge in [-0.3, -0.25) is 4.98 Å². The lowest BCUT2D eigenvalue weighted by Gasteiger charge is -2.11. The summed E-state index contributed by atoms with van der Waals surface area (Å²) in [5.74, 6) is 1.21. The molecule has 0 bridgehead atoms. The maximum absolute atomic E-state index is 6.27. The van der Waals surface area contributed by atoms with Crippen LogP contribution in [0.2, 0.25) is 0 Å². The van der Waals surface area contributed by atoms with E-state index in [2.05, 4.69) is 25.3 Å². The second-order valence-corrected chi connectivity index (χ2v) is 6.25. The van der Waals surface area contributed by atoms with Gasteiger partial charge in [-0.1, -0.05) is 36.0 Å². The van der Waals surface area contributed by atoms with Crippen LogP contribution in [0.1, 0.15) is 0 Å². The van der Waals surface area contributed by atoms with E-state index in [1.165, 1.54) is 18.1 Å². The summed E-state index contributed by atoms with van der Waals surface area (Å²) in [5.41, 5.74) is 7.67.